The van der Waals surface area contributed by atoms with E-state index in [0.29, 0.717) is 17.9 Å². The Morgan fingerprint density at radius 1 is 1.40 bits per heavy atom. The summed E-state index contributed by atoms with van der Waals surface area (Å²) in [7, 11) is 3.15. The minimum Gasteiger partial charge on any atom is -0.493 e. The fourth-order valence-corrected chi connectivity index (χ4v) is 1.94. The first kappa shape index (κ1) is 11.8. The summed E-state index contributed by atoms with van der Waals surface area (Å²) in [5.41, 5.74) is 6.24. The van der Waals surface area contributed by atoms with Crippen molar-refractivity contribution in [2.45, 2.75) is 6.42 Å². The number of nitrogens with two attached hydrogens (primary N) is 1. The van der Waals surface area contributed by atoms with Crippen molar-refractivity contribution in [1.29, 1.82) is 5.41 Å². The zero-order chi connectivity index (χ0) is 11.4. The standard InChI is InChI=1S/C10H13BrN2O2/c1-14-8-4-6(5-9(12)13)3-7(11)10(8)15-2/h3-4H,5H2,1-2H3,(H3,12,13). The third-order valence-electron chi connectivity index (χ3n) is 1.89. The fraction of sp³-hybridized carbons (Fsp3) is 0.300. The number of methoxy groups -OCH3 is 2. The van der Waals surface area contributed by atoms with Crippen LogP contribution >= 0.6 is 15.9 Å². The maximum absolute atomic E-state index is 7.22. The quantitative estimate of drug-likeness (QED) is 0.650. The topological polar surface area (TPSA) is 68.3 Å². The molecule has 0 heterocycles. The van der Waals surface area contributed by atoms with Gasteiger partial charge in [0.1, 0.15) is 0 Å². The van der Waals surface area contributed by atoms with Crippen LogP contribution in [0.25, 0.3) is 0 Å². The van der Waals surface area contributed by atoms with E-state index < -0.39 is 0 Å². The van der Waals surface area contributed by atoms with Crippen molar-refractivity contribution in [1.82, 2.24) is 0 Å². The van der Waals surface area contributed by atoms with Gasteiger partial charge in [0.2, 0.25) is 0 Å². The molecule has 0 radical (unpaired) electrons. The zero-order valence-electron chi connectivity index (χ0n) is 8.63. The average Bonchev–Trinajstić information content (AvgIpc) is 2.15. The summed E-state index contributed by atoms with van der Waals surface area (Å²) in [6.07, 6.45) is 0.402. The Kier molecular flexibility index (Phi) is 3.96. The van der Waals surface area contributed by atoms with Gasteiger partial charge in [0.05, 0.1) is 24.5 Å². The van der Waals surface area contributed by atoms with Gasteiger partial charge in [-0.1, -0.05) is 0 Å². The van der Waals surface area contributed by atoms with Gasteiger partial charge in [-0.05, 0) is 33.6 Å². The molecular formula is C10H13BrN2O2. The molecule has 1 aromatic rings. The molecular weight excluding hydrogens is 260 g/mol. The molecule has 0 aliphatic carbocycles. The molecule has 5 heteroatoms. The molecule has 0 aliphatic heterocycles. The third-order valence-corrected chi connectivity index (χ3v) is 2.48. The van der Waals surface area contributed by atoms with Gasteiger partial charge in [-0.3, -0.25) is 5.41 Å². The van der Waals surface area contributed by atoms with Gasteiger partial charge in [0.15, 0.2) is 11.5 Å². The van der Waals surface area contributed by atoms with Crippen LogP contribution in [-0.2, 0) is 6.42 Å². The molecule has 0 saturated heterocycles. The van der Waals surface area contributed by atoms with Crippen LogP contribution in [0.15, 0.2) is 16.6 Å². The Hall–Kier alpha value is -1.23. The highest BCUT2D eigenvalue weighted by Crippen LogP contribution is 2.36. The maximum atomic E-state index is 7.22. The number of hydrogen-bond donors (Lipinski definition) is 2. The highest BCUT2D eigenvalue weighted by molar-refractivity contribution is 9.10. The Balaban J connectivity index is 3.13. The van der Waals surface area contributed by atoms with E-state index in [0.717, 1.165) is 10.0 Å². The fourth-order valence-electron chi connectivity index (χ4n) is 1.29. The lowest BCUT2D eigenvalue weighted by atomic mass is 10.1. The zero-order valence-corrected chi connectivity index (χ0v) is 10.2. The first-order chi connectivity index (χ1) is 7.08. The van der Waals surface area contributed by atoms with Crippen LogP contribution in [0, 0.1) is 5.41 Å². The molecule has 1 rings (SSSR count). The van der Waals surface area contributed by atoms with E-state index in [9.17, 15) is 0 Å². The molecule has 0 atom stereocenters. The van der Waals surface area contributed by atoms with Crippen molar-refractivity contribution in [2.75, 3.05) is 14.2 Å². The van der Waals surface area contributed by atoms with Gasteiger partial charge in [0.25, 0.3) is 0 Å². The van der Waals surface area contributed by atoms with Crippen LogP contribution in [0.4, 0.5) is 0 Å². The lowest BCUT2D eigenvalue weighted by molar-refractivity contribution is 0.353. The molecule has 0 bridgehead atoms. The van der Waals surface area contributed by atoms with Crippen molar-refractivity contribution >= 4 is 21.8 Å². The summed E-state index contributed by atoms with van der Waals surface area (Å²) in [5, 5.41) is 7.22. The van der Waals surface area contributed by atoms with E-state index in [1.165, 1.54) is 0 Å². The molecule has 4 nitrogen and oxygen atoms in total. The van der Waals surface area contributed by atoms with E-state index in [4.69, 9.17) is 20.6 Å². The Bertz CT molecular complexity index is 380. The summed E-state index contributed by atoms with van der Waals surface area (Å²) >= 11 is 3.37. The smallest absolute Gasteiger partial charge is 0.174 e. The van der Waals surface area contributed by atoms with Crippen molar-refractivity contribution < 1.29 is 9.47 Å². The van der Waals surface area contributed by atoms with Crippen molar-refractivity contribution in [3.63, 3.8) is 0 Å². The van der Waals surface area contributed by atoms with Gasteiger partial charge in [-0.25, -0.2) is 0 Å². The molecule has 0 aromatic heterocycles. The Labute approximate surface area is 97.0 Å². The number of halogens is 1. The van der Waals surface area contributed by atoms with Crippen molar-refractivity contribution in [3.8, 4) is 11.5 Å². The minimum absolute atomic E-state index is 0.120. The van der Waals surface area contributed by atoms with Crippen LogP contribution in [0.5, 0.6) is 11.5 Å². The highest BCUT2D eigenvalue weighted by Gasteiger charge is 2.10. The van der Waals surface area contributed by atoms with E-state index in [1.54, 1.807) is 14.2 Å². The van der Waals surface area contributed by atoms with E-state index in [2.05, 4.69) is 15.9 Å². The van der Waals surface area contributed by atoms with Gasteiger partial charge in [-0.15, -0.1) is 0 Å². The van der Waals surface area contributed by atoms with Crippen molar-refractivity contribution in [2.24, 2.45) is 5.73 Å². The van der Waals surface area contributed by atoms with E-state index >= 15 is 0 Å². The molecule has 0 unspecified atom stereocenters. The third kappa shape index (κ3) is 2.86. The highest BCUT2D eigenvalue weighted by atomic mass is 79.9. The van der Waals surface area contributed by atoms with Crippen LogP contribution < -0.4 is 15.2 Å². The van der Waals surface area contributed by atoms with Gasteiger partial charge >= 0.3 is 0 Å². The number of rotatable bonds is 4. The number of benzene rings is 1. The van der Waals surface area contributed by atoms with Crippen LogP contribution in [0.1, 0.15) is 5.56 Å². The predicted molar refractivity (Wildman–Crippen MR) is 62.9 cm³/mol. The summed E-state index contributed by atoms with van der Waals surface area (Å²) in [4.78, 5) is 0. The Morgan fingerprint density at radius 3 is 2.53 bits per heavy atom. The molecule has 0 saturated carbocycles. The number of ether oxygens (including phenoxy) is 2. The second-order valence-corrected chi connectivity index (χ2v) is 3.87. The lowest BCUT2D eigenvalue weighted by Crippen LogP contribution is -2.12. The first-order valence-corrected chi connectivity index (χ1v) is 5.11. The van der Waals surface area contributed by atoms with E-state index in [-0.39, 0.29) is 5.84 Å². The van der Waals surface area contributed by atoms with Crippen LogP contribution in [0.3, 0.4) is 0 Å². The summed E-state index contributed by atoms with van der Waals surface area (Å²) in [6.45, 7) is 0. The number of amidine groups is 1. The summed E-state index contributed by atoms with van der Waals surface area (Å²) in [6, 6.07) is 3.67. The van der Waals surface area contributed by atoms with E-state index in [1.807, 2.05) is 12.1 Å². The first-order valence-electron chi connectivity index (χ1n) is 4.31. The predicted octanol–water partition coefficient (Wildman–Crippen LogP) is 1.94. The number of nitrogens with one attached hydrogen (secondary N) is 1. The molecule has 15 heavy (non-hydrogen) atoms. The van der Waals surface area contributed by atoms with Gasteiger partial charge < -0.3 is 15.2 Å². The minimum atomic E-state index is 0.120. The normalized spacial score (nSPS) is 9.80. The SMILES string of the molecule is COc1cc(CC(=N)N)cc(Br)c1OC. The monoisotopic (exact) mass is 272 g/mol. The molecule has 0 fully saturated rings. The molecule has 82 valence electrons. The molecule has 1 aromatic carbocycles. The molecule has 3 N–H and O–H groups in total. The largest absolute Gasteiger partial charge is 0.493 e. The van der Waals surface area contributed by atoms with Crippen LogP contribution in [0.2, 0.25) is 0 Å². The molecule has 0 aliphatic rings. The average molecular weight is 273 g/mol. The maximum Gasteiger partial charge on any atom is 0.174 e. The van der Waals surface area contributed by atoms with Gasteiger partial charge in [0, 0.05) is 6.42 Å². The molecule has 0 amide bonds. The second-order valence-electron chi connectivity index (χ2n) is 3.02. The molecule has 0 spiro atoms. The van der Waals surface area contributed by atoms with Crippen LogP contribution in [-0.4, -0.2) is 20.1 Å². The number of hydrogen-bond acceptors (Lipinski definition) is 3. The van der Waals surface area contributed by atoms with Gasteiger partial charge in [-0.2, -0.15) is 0 Å². The second kappa shape index (κ2) is 5.02. The summed E-state index contributed by atoms with van der Waals surface area (Å²) in [5.74, 6) is 1.39. The van der Waals surface area contributed by atoms with Crippen molar-refractivity contribution in [3.05, 3.63) is 22.2 Å². The summed E-state index contributed by atoms with van der Waals surface area (Å²) < 4.78 is 11.1. The Morgan fingerprint density at radius 2 is 2.07 bits per heavy atom. The lowest BCUT2D eigenvalue weighted by Gasteiger charge is -2.11.